The normalized spacial score (nSPS) is 18.5. The summed E-state index contributed by atoms with van der Waals surface area (Å²) in [6.07, 6.45) is 7.41. The van der Waals surface area contributed by atoms with Crippen LogP contribution in [-0.2, 0) is 0 Å². The largest absolute Gasteiger partial charge is 0.497 e. The third kappa shape index (κ3) is 2.21. The number of fused-ring (bicyclic) bond motifs is 1. The Morgan fingerprint density at radius 1 is 1.15 bits per heavy atom. The smallest absolute Gasteiger partial charge is 0.134 e. The van der Waals surface area contributed by atoms with E-state index in [-0.39, 0.29) is 0 Å². The Kier molecular flexibility index (Phi) is 2.79. The lowest BCUT2D eigenvalue weighted by atomic mass is 10.1. The SMILES string of the molecule is COc1ccc2ccnc(NC(C3CC3)C3CC3)c2c1. The van der Waals surface area contributed by atoms with Crippen LogP contribution in [0, 0.1) is 11.8 Å². The summed E-state index contributed by atoms with van der Waals surface area (Å²) in [5, 5.41) is 6.11. The van der Waals surface area contributed by atoms with E-state index in [1.807, 2.05) is 12.3 Å². The Morgan fingerprint density at radius 2 is 1.90 bits per heavy atom. The Bertz CT molecular complexity index is 620. The highest BCUT2D eigenvalue weighted by molar-refractivity contribution is 5.92. The second kappa shape index (κ2) is 4.65. The van der Waals surface area contributed by atoms with Crippen molar-refractivity contribution in [3.8, 4) is 5.75 Å². The number of pyridine rings is 1. The van der Waals surface area contributed by atoms with Crippen LogP contribution in [0.4, 0.5) is 5.82 Å². The maximum absolute atomic E-state index is 5.35. The Labute approximate surface area is 119 Å². The molecule has 0 unspecified atom stereocenters. The third-order valence-electron chi connectivity index (χ3n) is 4.54. The van der Waals surface area contributed by atoms with Gasteiger partial charge >= 0.3 is 0 Å². The lowest BCUT2D eigenvalue weighted by Gasteiger charge is -2.19. The first kappa shape index (κ1) is 12.0. The van der Waals surface area contributed by atoms with E-state index in [1.54, 1.807) is 7.11 Å². The Morgan fingerprint density at radius 3 is 2.55 bits per heavy atom. The number of methoxy groups -OCH3 is 1. The molecule has 4 rings (SSSR count). The summed E-state index contributed by atoms with van der Waals surface area (Å²) in [6.45, 7) is 0. The van der Waals surface area contributed by atoms with Gasteiger partial charge in [0, 0.05) is 17.6 Å². The molecule has 1 N–H and O–H groups in total. The van der Waals surface area contributed by atoms with Gasteiger partial charge in [-0.05, 0) is 61.1 Å². The molecule has 20 heavy (non-hydrogen) atoms. The van der Waals surface area contributed by atoms with Crippen molar-refractivity contribution in [2.75, 3.05) is 12.4 Å². The monoisotopic (exact) mass is 268 g/mol. The first-order chi connectivity index (χ1) is 9.85. The second-order valence-corrected chi connectivity index (χ2v) is 6.09. The number of benzene rings is 1. The molecule has 2 aliphatic carbocycles. The predicted octanol–water partition coefficient (Wildman–Crippen LogP) is 3.84. The van der Waals surface area contributed by atoms with Crippen molar-refractivity contribution in [1.29, 1.82) is 0 Å². The zero-order valence-corrected chi connectivity index (χ0v) is 11.8. The predicted molar refractivity (Wildman–Crippen MR) is 81.2 cm³/mol. The lowest BCUT2D eigenvalue weighted by molar-refractivity contribution is 0.415. The Hall–Kier alpha value is -1.77. The summed E-state index contributed by atoms with van der Waals surface area (Å²) in [6, 6.07) is 8.87. The van der Waals surface area contributed by atoms with Crippen molar-refractivity contribution < 1.29 is 4.74 Å². The number of hydrogen-bond donors (Lipinski definition) is 1. The van der Waals surface area contributed by atoms with Gasteiger partial charge in [-0.25, -0.2) is 4.98 Å². The molecular formula is C17H20N2O. The van der Waals surface area contributed by atoms with Crippen molar-refractivity contribution >= 4 is 16.6 Å². The van der Waals surface area contributed by atoms with E-state index in [9.17, 15) is 0 Å². The highest BCUT2D eigenvalue weighted by Crippen LogP contribution is 2.46. The quantitative estimate of drug-likeness (QED) is 0.894. The molecule has 2 aromatic rings. The topological polar surface area (TPSA) is 34.1 Å². The average molecular weight is 268 g/mol. The Balaban J connectivity index is 1.70. The zero-order valence-electron chi connectivity index (χ0n) is 11.8. The van der Waals surface area contributed by atoms with Gasteiger partial charge in [0.25, 0.3) is 0 Å². The summed E-state index contributed by atoms with van der Waals surface area (Å²) in [4.78, 5) is 4.58. The van der Waals surface area contributed by atoms with E-state index in [0.29, 0.717) is 6.04 Å². The fraction of sp³-hybridized carbons (Fsp3) is 0.471. The van der Waals surface area contributed by atoms with Crippen molar-refractivity contribution in [2.24, 2.45) is 11.8 Å². The number of nitrogens with one attached hydrogen (secondary N) is 1. The van der Waals surface area contributed by atoms with Crippen molar-refractivity contribution in [1.82, 2.24) is 4.98 Å². The lowest BCUT2D eigenvalue weighted by Crippen LogP contribution is -2.24. The number of ether oxygens (including phenoxy) is 1. The molecule has 0 atom stereocenters. The molecule has 0 aliphatic heterocycles. The van der Waals surface area contributed by atoms with Crippen molar-refractivity contribution in [3.05, 3.63) is 30.5 Å². The van der Waals surface area contributed by atoms with Crippen LogP contribution in [0.5, 0.6) is 5.75 Å². The number of rotatable bonds is 5. The van der Waals surface area contributed by atoms with Crippen molar-refractivity contribution in [2.45, 2.75) is 31.7 Å². The van der Waals surface area contributed by atoms with Crippen LogP contribution >= 0.6 is 0 Å². The molecule has 3 nitrogen and oxygen atoms in total. The van der Waals surface area contributed by atoms with Crippen LogP contribution < -0.4 is 10.1 Å². The molecule has 0 radical (unpaired) electrons. The molecule has 0 bridgehead atoms. The standard InChI is InChI=1S/C17H20N2O/c1-20-14-7-6-11-8-9-18-17(15(11)10-14)19-16(12-2-3-12)13-4-5-13/h6-10,12-13,16H,2-5H2,1H3,(H,18,19). The molecule has 2 aliphatic rings. The van der Waals surface area contributed by atoms with Crippen LogP contribution in [0.3, 0.4) is 0 Å². The molecule has 1 heterocycles. The molecule has 3 heteroatoms. The van der Waals surface area contributed by atoms with E-state index in [4.69, 9.17) is 4.74 Å². The van der Waals surface area contributed by atoms with Gasteiger partial charge in [0.15, 0.2) is 0 Å². The van der Waals surface area contributed by atoms with Gasteiger partial charge in [-0.15, -0.1) is 0 Å². The van der Waals surface area contributed by atoms with E-state index >= 15 is 0 Å². The molecule has 1 aromatic heterocycles. The summed E-state index contributed by atoms with van der Waals surface area (Å²) in [5.41, 5.74) is 0. The van der Waals surface area contributed by atoms with Gasteiger partial charge in [0.1, 0.15) is 11.6 Å². The van der Waals surface area contributed by atoms with Crippen LogP contribution in [0.2, 0.25) is 0 Å². The van der Waals surface area contributed by atoms with Crippen LogP contribution in [0.1, 0.15) is 25.7 Å². The van der Waals surface area contributed by atoms with Gasteiger partial charge in [0.2, 0.25) is 0 Å². The first-order valence-electron chi connectivity index (χ1n) is 7.54. The van der Waals surface area contributed by atoms with Crippen LogP contribution in [0.25, 0.3) is 10.8 Å². The maximum Gasteiger partial charge on any atom is 0.134 e. The third-order valence-corrected chi connectivity index (χ3v) is 4.54. The minimum absolute atomic E-state index is 0.624. The van der Waals surface area contributed by atoms with E-state index in [2.05, 4.69) is 28.5 Å². The summed E-state index contributed by atoms with van der Waals surface area (Å²) >= 11 is 0. The minimum Gasteiger partial charge on any atom is -0.497 e. The molecule has 0 saturated heterocycles. The maximum atomic E-state index is 5.35. The van der Waals surface area contributed by atoms with Gasteiger partial charge in [0.05, 0.1) is 7.11 Å². The molecule has 104 valence electrons. The molecule has 2 fully saturated rings. The van der Waals surface area contributed by atoms with Gasteiger partial charge < -0.3 is 10.1 Å². The van der Waals surface area contributed by atoms with Crippen molar-refractivity contribution in [3.63, 3.8) is 0 Å². The van der Waals surface area contributed by atoms with E-state index in [1.165, 1.54) is 31.1 Å². The van der Waals surface area contributed by atoms with Gasteiger partial charge in [-0.1, -0.05) is 6.07 Å². The molecular weight excluding hydrogens is 248 g/mol. The van der Waals surface area contributed by atoms with E-state index < -0.39 is 0 Å². The number of nitrogens with zero attached hydrogens (tertiary/aromatic N) is 1. The molecule has 1 aromatic carbocycles. The molecule has 0 amide bonds. The fourth-order valence-corrected chi connectivity index (χ4v) is 3.08. The summed E-state index contributed by atoms with van der Waals surface area (Å²) in [7, 11) is 1.71. The number of anilines is 1. The van der Waals surface area contributed by atoms with Crippen LogP contribution in [-0.4, -0.2) is 18.1 Å². The number of hydrogen-bond acceptors (Lipinski definition) is 3. The fourth-order valence-electron chi connectivity index (χ4n) is 3.08. The first-order valence-corrected chi connectivity index (χ1v) is 7.54. The minimum atomic E-state index is 0.624. The van der Waals surface area contributed by atoms with Crippen LogP contribution in [0.15, 0.2) is 30.5 Å². The summed E-state index contributed by atoms with van der Waals surface area (Å²) < 4.78 is 5.35. The average Bonchev–Trinajstić information content (AvgIpc) is 3.38. The molecule has 0 spiro atoms. The zero-order chi connectivity index (χ0) is 13.5. The van der Waals surface area contributed by atoms with Gasteiger partial charge in [-0.2, -0.15) is 0 Å². The second-order valence-electron chi connectivity index (χ2n) is 6.09. The molecule has 2 saturated carbocycles. The van der Waals surface area contributed by atoms with Gasteiger partial charge in [-0.3, -0.25) is 0 Å². The highest BCUT2D eigenvalue weighted by atomic mass is 16.5. The highest BCUT2D eigenvalue weighted by Gasteiger charge is 2.41. The van der Waals surface area contributed by atoms with E-state index in [0.717, 1.165) is 28.8 Å². The summed E-state index contributed by atoms with van der Waals surface area (Å²) in [5.74, 6) is 3.64. The number of aromatic nitrogens is 1.